The first-order valence-electron chi connectivity index (χ1n) is 5.42. The third kappa shape index (κ3) is 4.66. The van der Waals surface area contributed by atoms with Crippen LogP contribution in [0.25, 0.3) is 0 Å². The van der Waals surface area contributed by atoms with Gasteiger partial charge in [0.2, 0.25) is 0 Å². The Morgan fingerprint density at radius 2 is 2.18 bits per heavy atom. The van der Waals surface area contributed by atoms with Crippen LogP contribution in [0.15, 0.2) is 22.7 Å². The molecular weight excluding hydrogens is 304 g/mol. The fourth-order valence-electron chi connectivity index (χ4n) is 1.43. The molecule has 0 heterocycles. The number of carbonyl (C=O) groups is 1. The Morgan fingerprint density at radius 1 is 1.47 bits per heavy atom. The normalized spacial score (nSPS) is 12.2. The number of hydrogen-bond donors (Lipinski definition) is 2. The van der Waals surface area contributed by atoms with Crippen LogP contribution in [0.5, 0.6) is 0 Å². The molecule has 0 saturated carbocycles. The van der Waals surface area contributed by atoms with Gasteiger partial charge in [-0.3, -0.25) is 4.79 Å². The predicted octanol–water partition coefficient (Wildman–Crippen LogP) is 2.69. The van der Waals surface area contributed by atoms with Crippen molar-refractivity contribution < 1.29 is 4.79 Å². The maximum absolute atomic E-state index is 11.8. The molecule has 0 aromatic heterocycles. The summed E-state index contributed by atoms with van der Waals surface area (Å²) >= 11 is 9.16. The van der Waals surface area contributed by atoms with E-state index >= 15 is 0 Å². The molecule has 0 radical (unpaired) electrons. The van der Waals surface area contributed by atoms with Crippen LogP contribution in [0.2, 0.25) is 5.02 Å². The summed E-state index contributed by atoms with van der Waals surface area (Å²) in [6.45, 7) is 3.61. The van der Waals surface area contributed by atoms with E-state index in [1.807, 2.05) is 7.05 Å². The van der Waals surface area contributed by atoms with Crippen LogP contribution < -0.4 is 10.6 Å². The molecule has 0 saturated heterocycles. The molecule has 1 atom stereocenters. The quantitative estimate of drug-likeness (QED) is 0.876. The number of amides is 1. The van der Waals surface area contributed by atoms with E-state index in [-0.39, 0.29) is 5.91 Å². The average Bonchev–Trinajstić information content (AvgIpc) is 2.30. The molecule has 1 amide bonds. The number of benzene rings is 1. The first kappa shape index (κ1) is 14.5. The third-order valence-corrected chi connectivity index (χ3v) is 3.56. The molecule has 5 heteroatoms. The molecule has 0 spiro atoms. The van der Waals surface area contributed by atoms with Crippen LogP contribution >= 0.6 is 27.5 Å². The van der Waals surface area contributed by atoms with Gasteiger partial charge in [-0.15, -0.1) is 0 Å². The van der Waals surface area contributed by atoms with Crippen LogP contribution in [0.4, 0.5) is 0 Å². The molecule has 17 heavy (non-hydrogen) atoms. The van der Waals surface area contributed by atoms with Crippen molar-refractivity contribution in [2.24, 2.45) is 5.92 Å². The van der Waals surface area contributed by atoms with Crippen molar-refractivity contribution in [1.29, 1.82) is 0 Å². The Balaban J connectivity index is 2.55. The summed E-state index contributed by atoms with van der Waals surface area (Å²) in [7, 11) is 1.90. The van der Waals surface area contributed by atoms with Gasteiger partial charge < -0.3 is 10.6 Å². The Morgan fingerprint density at radius 3 is 2.76 bits per heavy atom. The lowest BCUT2D eigenvalue weighted by molar-refractivity contribution is 0.0948. The minimum Gasteiger partial charge on any atom is -0.352 e. The molecule has 1 rings (SSSR count). The van der Waals surface area contributed by atoms with Crippen molar-refractivity contribution in [2.75, 3.05) is 20.1 Å². The van der Waals surface area contributed by atoms with Crippen LogP contribution in [0.3, 0.4) is 0 Å². The van der Waals surface area contributed by atoms with Gasteiger partial charge in [0.05, 0.1) is 5.02 Å². The molecule has 0 bridgehead atoms. The number of halogens is 2. The molecule has 0 aliphatic rings. The van der Waals surface area contributed by atoms with Gasteiger partial charge in [-0.2, -0.15) is 0 Å². The molecule has 0 aliphatic carbocycles. The van der Waals surface area contributed by atoms with E-state index in [0.717, 1.165) is 11.0 Å². The summed E-state index contributed by atoms with van der Waals surface area (Å²) < 4.78 is 0.732. The minimum atomic E-state index is -0.0784. The van der Waals surface area contributed by atoms with Crippen molar-refractivity contribution in [2.45, 2.75) is 6.92 Å². The van der Waals surface area contributed by atoms with E-state index in [4.69, 9.17) is 11.6 Å². The largest absolute Gasteiger partial charge is 0.352 e. The number of rotatable bonds is 5. The summed E-state index contributed by atoms with van der Waals surface area (Å²) in [5, 5.41) is 6.56. The third-order valence-electron chi connectivity index (χ3n) is 2.35. The standard InChI is InChI=1S/C12H16BrClN2O/c1-8(6-15-2)7-16-12(17)9-3-4-11(14)10(13)5-9/h3-5,8,15H,6-7H2,1-2H3,(H,16,17). The van der Waals surface area contributed by atoms with Gasteiger partial charge in [0, 0.05) is 16.6 Å². The van der Waals surface area contributed by atoms with Crippen molar-refractivity contribution in [3.05, 3.63) is 33.3 Å². The van der Waals surface area contributed by atoms with Gasteiger partial charge >= 0.3 is 0 Å². The minimum absolute atomic E-state index is 0.0784. The highest BCUT2D eigenvalue weighted by Crippen LogP contribution is 2.23. The van der Waals surface area contributed by atoms with E-state index in [1.54, 1.807) is 18.2 Å². The molecule has 1 unspecified atom stereocenters. The fraction of sp³-hybridized carbons (Fsp3) is 0.417. The highest BCUT2D eigenvalue weighted by molar-refractivity contribution is 9.10. The van der Waals surface area contributed by atoms with Crippen molar-refractivity contribution >= 4 is 33.4 Å². The van der Waals surface area contributed by atoms with E-state index in [2.05, 4.69) is 33.5 Å². The zero-order valence-electron chi connectivity index (χ0n) is 9.89. The Hall–Kier alpha value is -0.580. The zero-order valence-corrected chi connectivity index (χ0v) is 12.2. The average molecular weight is 320 g/mol. The molecule has 1 aromatic carbocycles. The monoisotopic (exact) mass is 318 g/mol. The molecular formula is C12H16BrClN2O. The van der Waals surface area contributed by atoms with Crippen molar-refractivity contribution in [1.82, 2.24) is 10.6 Å². The fourth-order valence-corrected chi connectivity index (χ4v) is 1.92. The van der Waals surface area contributed by atoms with Gasteiger partial charge in [-0.05, 0) is 53.6 Å². The second-order valence-electron chi connectivity index (χ2n) is 4.00. The summed E-state index contributed by atoms with van der Waals surface area (Å²) in [5.41, 5.74) is 0.609. The topological polar surface area (TPSA) is 41.1 Å². The van der Waals surface area contributed by atoms with Crippen molar-refractivity contribution in [3.63, 3.8) is 0 Å². The number of hydrogen-bond acceptors (Lipinski definition) is 2. The van der Waals surface area contributed by atoms with Gasteiger partial charge in [-0.1, -0.05) is 18.5 Å². The Bertz CT molecular complexity index is 398. The Labute approximate surface area is 115 Å². The first-order chi connectivity index (χ1) is 8.04. The smallest absolute Gasteiger partial charge is 0.251 e. The highest BCUT2D eigenvalue weighted by atomic mass is 79.9. The van der Waals surface area contributed by atoms with E-state index < -0.39 is 0 Å². The number of carbonyl (C=O) groups excluding carboxylic acids is 1. The second kappa shape index (κ2) is 6.99. The maximum Gasteiger partial charge on any atom is 0.251 e. The van der Waals surface area contributed by atoms with Crippen molar-refractivity contribution in [3.8, 4) is 0 Å². The lowest BCUT2D eigenvalue weighted by atomic mass is 10.1. The lowest BCUT2D eigenvalue weighted by Gasteiger charge is -2.12. The highest BCUT2D eigenvalue weighted by Gasteiger charge is 2.09. The second-order valence-corrected chi connectivity index (χ2v) is 5.26. The molecule has 94 valence electrons. The lowest BCUT2D eigenvalue weighted by Crippen LogP contribution is -2.32. The predicted molar refractivity (Wildman–Crippen MR) is 74.6 cm³/mol. The summed E-state index contributed by atoms with van der Waals surface area (Å²) in [5.74, 6) is 0.324. The van der Waals surface area contributed by atoms with E-state index in [9.17, 15) is 4.79 Å². The van der Waals surface area contributed by atoms with Crippen LogP contribution in [0.1, 0.15) is 17.3 Å². The maximum atomic E-state index is 11.8. The first-order valence-corrected chi connectivity index (χ1v) is 6.59. The summed E-state index contributed by atoms with van der Waals surface area (Å²) in [6, 6.07) is 5.14. The van der Waals surface area contributed by atoms with Crippen LogP contribution in [-0.4, -0.2) is 26.0 Å². The summed E-state index contributed by atoms with van der Waals surface area (Å²) in [4.78, 5) is 11.8. The van der Waals surface area contributed by atoms with E-state index in [0.29, 0.717) is 23.0 Å². The van der Waals surface area contributed by atoms with Gasteiger partial charge in [0.15, 0.2) is 0 Å². The van der Waals surface area contributed by atoms with E-state index in [1.165, 1.54) is 0 Å². The Kier molecular flexibility index (Phi) is 5.95. The molecule has 0 fully saturated rings. The molecule has 2 N–H and O–H groups in total. The van der Waals surface area contributed by atoms with Gasteiger partial charge in [0.1, 0.15) is 0 Å². The van der Waals surface area contributed by atoms with Gasteiger partial charge in [0.25, 0.3) is 5.91 Å². The number of nitrogens with one attached hydrogen (secondary N) is 2. The molecule has 3 nitrogen and oxygen atoms in total. The van der Waals surface area contributed by atoms with Gasteiger partial charge in [-0.25, -0.2) is 0 Å². The van der Waals surface area contributed by atoms with Crippen LogP contribution in [0, 0.1) is 5.92 Å². The van der Waals surface area contributed by atoms with Crippen LogP contribution in [-0.2, 0) is 0 Å². The zero-order chi connectivity index (χ0) is 12.8. The summed E-state index contributed by atoms with van der Waals surface area (Å²) in [6.07, 6.45) is 0. The molecule has 0 aliphatic heterocycles. The molecule has 1 aromatic rings. The SMILES string of the molecule is CNCC(C)CNC(=O)c1ccc(Cl)c(Br)c1.